The van der Waals surface area contributed by atoms with Crippen molar-refractivity contribution in [3.05, 3.63) is 29.3 Å². The predicted octanol–water partition coefficient (Wildman–Crippen LogP) is 2.45. The van der Waals surface area contributed by atoms with E-state index in [1.165, 1.54) is 11.1 Å². The van der Waals surface area contributed by atoms with E-state index in [1.807, 2.05) is 0 Å². The van der Waals surface area contributed by atoms with Crippen molar-refractivity contribution >= 4 is 0 Å². The van der Waals surface area contributed by atoms with Crippen molar-refractivity contribution in [2.45, 2.75) is 44.1 Å². The summed E-state index contributed by atoms with van der Waals surface area (Å²) in [6, 6.07) is 6.58. The quantitative estimate of drug-likeness (QED) is 0.909. The molecular weight excluding hydrogens is 238 g/mol. The minimum Gasteiger partial charge on any atom is -0.493 e. The fourth-order valence-corrected chi connectivity index (χ4v) is 3.07. The van der Waals surface area contributed by atoms with E-state index in [0.717, 1.165) is 64.1 Å². The van der Waals surface area contributed by atoms with Gasteiger partial charge in [0.05, 0.1) is 6.61 Å². The molecule has 1 fully saturated rings. The van der Waals surface area contributed by atoms with Gasteiger partial charge in [-0.1, -0.05) is 12.1 Å². The van der Waals surface area contributed by atoms with Gasteiger partial charge in [-0.2, -0.15) is 0 Å². The molecule has 1 unspecified atom stereocenters. The minimum atomic E-state index is -0.0357. The highest BCUT2D eigenvalue weighted by Crippen LogP contribution is 2.28. The number of hydrogen-bond donors (Lipinski definition) is 1. The van der Waals surface area contributed by atoms with Gasteiger partial charge in [0.1, 0.15) is 5.75 Å². The first-order chi connectivity index (χ1) is 9.25. The third-order valence-electron chi connectivity index (χ3n) is 4.37. The summed E-state index contributed by atoms with van der Waals surface area (Å²) in [7, 11) is 0. The van der Waals surface area contributed by atoms with Crippen LogP contribution in [-0.2, 0) is 17.6 Å². The first-order valence-electron chi connectivity index (χ1n) is 7.36. The molecule has 0 aliphatic carbocycles. The van der Waals surface area contributed by atoms with Gasteiger partial charge in [-0.3, -0.25) is 0 Å². The topological polar surface area (TPSA) is 44.5 Å². The molecule has 1 atom stereocenters. The molecular formula is C16H23NO2. The Bertz CT molecular complexity index is 436. The molecule has 0 saturated carbocycles. The number of hydrogen-bond acceptors (Lipinski definition) is 3. The SMILES string of the molecule is NC1(CCc2ccc3c(c2)CCO3)CCCOCC1. The van der Waals surface area contributed by atoms with Crippen molar-refractivity contribution in [3.63, 3.8) is 0 Å². The second-order valence-electron chi connectivity index (χ2n) is 5.87. The molecule has 3 nitrogen and oxygen atoms in total. The molecule has 19 heavy (non-hydrogen) atoms. The van der Waals surface area contributed by atoms with Crippen LogP contribution in [0.15, 0.2) is 18.2 Å². The van der Waals surface area contributed by atoms with Crippen molar-refractivity contribution < 1.29 is 9.47 Å². The Labute approximate surface area is 115 Å². The van der Waals surface area contributed by atoms with Gasteiger partial charge in [-0.15, -0.1) is 0 Å². The Hall–Kier alpha value is -1.06. The van der Waals surface area contributed by atoms with E-state index < -0.39 is 0 Å². The monoisotopic (exact) mass is 261 g/mol. The Morgan fingerprint density at radius 3 is 3.05 bits per heavy atom. The van der Waals surface area contributed by atoms with Gasteiger partial charge in [-0.05, 0) is 49.3 Å². The summed E-state index contributed by atoms with van der Waals surface area (Å²) in [4.78, 5) is 0. The van der Waals surface area contributed by atoms with Crippen LogP contribution in [0.5, 0.6) is 5.75 Å². The van der Waals surface area contributed by atoms with Crippen LogP contribution < -0.4 is 10.5 Å². The zero-order valence-electron chi connectivity index (χ0n) is 11.5. The largest absolute Gasteiger partial charge is 0.493 e. The molecule has 3 rings (SSSR count). The average molecular weight is 261 g/mol. The second kappa shape index (κ2) is 5.51. The third kappa shape index (κ3) is 3.10. The van der Waals surface area contributed by atoms with Gasteiger partial charge in [0.15, 0.2) is 0 Å². The molecule has 0 radical (unpaired) electrons. The molecule has 2 aliphatic heterocycles. The summed E-state index contributed by atoms with van der Waals surface area (Å²) in [5.74, 6) is 1.06. The van der Waals surface area contributed by atoms with E-state index in [2.05, 4.69) is 18.2 Å². The fraction of sp³-hybridized carbons (Fsp3) is 0.625. The van der Waals surface area contributed by atoms with Crippen LogP contribution in [0.25, 0.3) is 0 Å². The molecule has 1 saturated heterocycles. The molecule has 2 N–H and O–H groups in total. The molecule has 0 bridgehead atoms. The van der Waals surface area contributed by atoms with Crippen LogP contribution in [0.1, 0.15) is 36.8 Å². The Morgan fingerprint density at radius 1 is 1.16 bits per heavy atom. The number of nitrogens with two attached hydrogens (primary N) is 1. The normalized spacial score (nSPS) is 26.6. The van der Waals surface area contributed by atoms with Crippen molar-refractivity contribution in [1.82, 2.24) is 0 Å². The van der Waals surface area contributed by atoms with Crippen LogP contribution in [0, 0.1) is 0 Å². The molecule has 104 valence electrons. The van der Waals surface area contributed by atoms with E-state index in [9.17, 15) is 0 Å². The maximum atomic E-state index is 6.52. The second-order valence-corrected chi connectivity index (χ2v) is 5.87. The number of fused-ring (bicyclic) bond motifs is 1. The molecule has 0 spiro atoms. The summed E-state index contributed by atoms with van der Waals surface area (Å²) in [5, 5.41) is 0. The summed E-state index contributed by atoms with van der Waals surface area (Å²) < 4.78 is 11.0. The zero-order valence-corrected chi connectivity index (χ0v) is 11.5. The molecule has 3 heteroatoms. The summed E-state index contributed by atoms with van der Waals surface area (Å²) in [5.41, 5.74) is 9.22. The van der Waals surface area contributed by atoms with E-state index in [1.54, 1.807) is 0 Å². The van der Waals surface area contributed by atoms with Crippen LogP contribution in [-0.4, -0.2) is 25.4 Å². The molecule has 0 aromatic heterocycles. The Balaban J connectivity index is 1.62. The summed E-state index contributed by atoms with van der Waals surface area (Å²) in [6.45, 7) is 2.51. The lowest BCUT2D eigenvalue weighted by Gasteiger charge is -2.27. The van der Waals surface area contributed by atoms with Crippen LogP contribution in [0.3, 0.4) is 0 Å². The number of rotatable bonds is 3. The van der Waals surface area contributed by atoms with E-state index in [4.69, 9.17) is 15.2 Å². The van der Waals surface area contributed by atoms with Crippen LogP contribution >= 0.6 is 0 Å². The van der Waals surface area contributed by atoms with Crippen molar-refractivity contribution in [3.8, 4) is 5.75 Å². The highest BCUT2D eigenvalue weighted by molar-refractivity contribution is 5.39. The van der Waals surface area contributed by atoms with Gasteiger partial charge in [-0.25, -0.2) is 0 Å². The summed E-state index contributed by atoms with van der Waals surface area (Å²) >= 11 is 0. The Morgan fingerprint density at radius 2 is 2.11 bits per heavy atom. The van der Waals surface area contributed by atoms with E-state index in [-0.39, 0.29) is 5.54 Å². The third-order valence-corrected chi connectivity index (χ3v) is 4.37. The number of ether oxygens (including phenoxy) is 2. The maximum absolute atomic E-state index is 6.52. The lowest BCUT2D eigenvalue weighted by Crippen LogP contribution is -2.40. The van der Waals surface area contributed by atoms with Crippen molar-refractivity contribution in [2.75, 3.05) is 19.8 Å². The summed E-state index contributed by atoms with van der Waals surface area (Å²) in [6.07, 6.45) is 6.32. The first-order valence-corrected chi connectivity index (χ1v) is 7.36. The number of aryl methyl sites for hydroxylation is 1. The standard InChI is InChI=1S/C16H23NO2/c17-16(6-1-9-18-11-8-16)7-4-13-2-3-15-14(12-13)5-10-19-15/h2-3,12H,1,4-11,17H2. The lowest BCUT2D eigenvalue weighted by molar-refractivity contribution is 0.139. The lowest BCUT2D eigenvalue weighted by atomic mass is 9.85. The molecule has 2 aliphatic rings. The smallest absolute Gasteiger partial charge is 0.122 e. The van der Waals surface area contributed by atoms with E-state index in [0.29, 0.717) is 0 Å². The molecule has 0 amide bonds. The van der Waals surface area contributed by atoms with Gasteiger partial charge in [0.25, 0.3) is 0 Å². The van der Waals surface area contributed by atoms with Crippen LogP contribution in [0.4, 0.5) is 0 Å². The first kappa shape index (κ1) is 12.9. The fourth-order valence-electron chi connectivity index (χ4n) is 3.07. The zero-order chi connectivity index (χ0) is 13.1. The van der Waals surface area contributed by atoms with Crippen molar-refractivity contribution in [1.29, 1.82) is 0 Å². The molecule has 2 heterocycles. The molecule has 1 aromatic rings. The highest BCUT2D eigenvalue weighted by Gasteiger charge is 2.26. The predicted molar refractivity (Wildman–Crippen MR) is 75.6 cm³/mol. The Kier molecular flexibility index (Phi) is 3.76. The maximum Gasteiger partial charge on any atom is 0.122 e. The van der Waals surface area contributed by atoms with E-state index >= 15 is 0 Å². The van der Waals surface area contributed by atoms with Gasteiger partial charge in [0, 0.05) is 25.2 Å². The van der Waals surface area contributed by atoms with Gasteiger partial charge >= 0.3 is 0 Å². The van der Waals surface area contributed by atoms with Gasteiger partial charge < -0.3 is 15.2 Å². The highest BCUT2D eigenvalue weighted by atomic mass is 16.5. The average Bonchev–Trinajstić information content (AvgIpc) is 2.78. The van der Waals surface area contributed by atoms with Crippen molar-refractivity contribution in [2.24, 2.45) is 5.73 Å². The minimum absolute atomic E-state index is 0.0357. The molecule has 1 aromatic carbocycles. The van der Waals surface area contributed by atoms with Crippen LogP contribution in [0.2, 0.25) is 0 Å². The van der Waals surface area contributed by atoms with Gasteiger partial charge in [0.2, 0.25) is 0 Å². The number of benzene rings is 1.